The van der Waals surface area contributed by atoms with Crippen LogP contribution in [0.4, 0.5) is 0 Å². The Hall–Kier alpha value is -1.75. The number of fused-ring (bicyclic) bond motifs is 1. The fourth-order valence-electron chi connectivity index (χ4n) is 2.95. The minimum Gasteiger partial charge on any atom is -0.454 e. The maximum absolute atomic E-state index is 11.9. The summed E-state index contributed by atoms with van der Waals surface area (Å²) >= 11 is 0. The molecule has 0 radical (unpaired) electrons. The van der Waals surface area contributed by atoms with Gasteiger partial charge in [0.2, 0.25) is 12.7 Å². The summed E-state index contributed by atoms with van der Waals surface area (Å²) in [6.45, 7) is 0.720. The predicted octanol–water partition coefficient (Wildman–Crippen LogP) is 2.15. The SMILES string of the molecule is O=C(NCCC(O)c1ccc2c(c1)OCO2)C1CCCC1. The molecule has 3 rings (SSSR count). The Morgan fingerprint density at radius 2 is 2.05 bits per heavy atom. The number of hydrogen-bond donors (Lipinski definition) is 2. The second-order valence-corrected chi connectivity index (χ2v) is 5.69. The van der Waals surface area contributed by atoms with Gasteiger partial charge in [0.05, 0.1) is 6.10 Å². The zero-order valence-corrected chi connectivity index (χ0v) is 12.0. The molecule has 1 heterocycles. The van der Waals surface area contributed by atoms with Crippen molar-refractivity contribution in [1.82, 2.24) is 5.32 Å². The molecule has 0 spiro atoms. The molecule has 0 bridgehead atoms. The number of benzene rings is 1. The topological polar surface area (TPSA) is 67.8 Å². The van der Waals surface area contributed by atoms with Crippen molar-refractivity contribution in [3.63, 3.8) is 0 Å². The Morgan fingerprint density at radius 3 is 2.86 bits per heavy atom. The van der Waals surface area contributed by atoms with Gasteiger partial charge in [-0.3, -0.25) is 4.79 Å². The number of aliphatic hydroxyl groups is 1. The molecule has 1 aliphatic carbocycles. The Labute approximate surface area is 124 Å². The molecule has 1 unspecified atom stereocenters. The number of hydrogen-bond acceptors (Lipinski definition) is 4. The first-order valence-electron chi connectivity index (χ1n) is 7.59. The lowest BCUT2D eigenvalue weighted by Gasteiger charge is -2.14. The summed E-state index contributed by atoms with van der Waals surface area (Å²) in [5.41, 5.74) is 0.786. The van der Waals surface area contributed by atoms with Crippen LogP contribution in [0.15, 0.2) is 18.2 Å². The average molecular weight is 291 g/mol. The van der Waals surface area contributed by atoms with Crippen LogP contribution in [-0.4, -0.2) is 24.4 Å². The minimum atomic E-state index is -0.608. The van der Waals surface area contributed by atoms with E-state index in [0.29, 0.717) is 24.5 Å². The zero-order chi connectivity index (χ0) is 14.7. The molecule has 1 aliphatic heterocycles. The van der Waals surface area contributed by atoms with Crippen molar-refractivity contribution in [3.05, 3.63) is 23.8 Å². The molecule has 1 saturated carbocycles. The Kier molecular flexibility index (Phi) is 4.29. The van der Waals surface area contributed by atoms with Crippen LogP contribution in [0.5, 0.6) is 11.5 Å². The lowest BCUT2D eigenvalue weighted by Crippen LogP contribution is -2.30. The molecule has 1 aromatic carbocycles. The summed E-state index contributed by atoms with van der Waals surface area (Å²) in [5, 5.41) is 13.1. The maximum Gasteiger partial charge on any atom is 0.231 e. The van der Waals surface area contributed by atoms with Crippen LogP contribution in [0, 0.1) is 5.92 Å². The van der Waals surface area contributed by atoms with E-state index in [1.54, 1.807) is 12.1 Å². The number of aliphatic hydroxyl groups excluding tert-OH is 1. The molecule has 21 heavy (non-hydrogen) atoms. The molecule has 1 amide bonds. The highest BCUT2D eigenvalue weighted by molar-refractivity contribution is 5.78. The molecule has 0 saturated heterocycles. The van der Waals surface area contributed by atoms with Crippen molar-refractivity contribution < 1.29 is 19.4 Å². The quantitative estimate of drug-likeness (QED) is 0.872. The molecule has 1 atom stereocenters. The van der Waals surface area contributed by atoms with Crippen molar-refractivity contribution in [2.24, 2.45) is 5.92 Å². The van der Waals surface area contributed by atoms with Gasteiger partial charge in [0.25, 0.3) is 0 Å². The molecular weight excluding hydrogens is 270 g/mol. The van der Waals surface area contributed by atoms with Crippen LogP contribution >= 0.6 is 0 Å². The monoisotopic (exact) mass is 291 g/mol. The molecule has 5 heteroatoms. The van der Waals surface area contributed by atoms with Gasteiger partial charge in [-0.2, -0.15) is 0 Å². The van der Waals surface area contributed by atoms with Crippen molar-refractivity contribution >= 4 is 5.91 Å². The number of ether oxygens (including phenoxy) is 2. The lowest BCUT2D eigenvalue weighted by atomic mass is 10.1. The molecule has 0 aromatic heterocycles. The third kappa shape index (κ3) is 3.29. The highest BCUT2D eigenvalue weighted by Crippen LogP contribution is 2.34. The summed E-state index contributed by atoms with van der Waals surface area (Å²) in [5.74, 6) is 1.68. The van der Waals surface area contributed by atoms with Crippen LogP contribution in [0.3, 0.4) is 0 Å². The number of carbonyl (C=O) groups is 1. The van der Waals surface area contributed by atoms with Gasteiger partial charge in [0, 0.05) is 12.5 Å². The fraction of sp³-hybridized carbons (Fsp3) is 0.562. The Morgan fingerprint density at radius 1 is 1.29 bits per heavy atom. The van der Waals surface area contributed by atoms with E-state index >= 15 is 0 Å². The van der Waals surface area contributed by atoms with E-state index in [9.17, 15) is 9.90 Å². The summed E-state index contributed by atoms with van der Waals surface area (Å²) in [7, 11) is 0. The highest BCUT2D eigenvalue weighted by atomic mass is 16.7. The van der Waals surface area contributed by atoms with E-state index in [1.807, 2.05) is 6.07 Å². The van der Waals surface area contributed by atoms with Crippen LogP contribution in [0.1, 0.15) is 43.8 Å². The van der Waals surface area contributed by atoms with E-state index < -0.39 is 6.10 Å². The summed E-state index contributed by atoms with van der Waals surface area (Å²) in [4.78, 5) is 11.9. The molecule has 1 fully saturated rings. The first-order valence-corrected chi connectivity index (χ1v) is 7.59. The summed E-state index contributed by atoms with van der Waals surface area (Å²) < 4.78 is 10.5. The van der Waals surface area contributed by atoms with Crippen molar-refractivity contribution in [2.75, 3.05) is 13.3 Å². The van der Waals surface area contributed by atoms with Crippen LogP contribution in [0.2, 0.25) is 0 Å². The average Bonchev–Trinajstić information content (AvgIpc) is 3.17. The van der Waals surface area contributed by atoms with Gasteiger partial charge in [0.15, 0.2) is 11.5 Å². The third-order valence-corrected chi connectivity index (χ3v) is 4.22. The molecule has 2 N–H and O–H groups in total. The second-order valence-electron chi connectivity index (χ2n) is 5.69. The van der Waals surface area contributed by atoms with Crippen LogP contribution in [-0.2, 0) is 4.79 Å². The minimum absolute atomic E-state index is 0.130. The van der Waals surface area contributed by atoms with Crippen LogP contribution in [0.25, 0.3) is 0 Å². The number of nitrogens with one attached hydrogen (secondary N) is 1. The molecule has 1 aromatic rings. The fourth-order valence-corrected chi connectivity index (χ4v) is 2.95. The van der Waals surface area contributed by atoms with Crippen molar-refractivity contribution in [2.45, 2.75) is 38.2 Å². The van der Waals surface area contributed by atoms with Gasteiger partial charge >= 0.3 is 0 Å². The smallest absolute Gasteiger partial charge is 0.231 e. The van der Waals surface area contributed by atoms with Crippen molar-refractivity contribution in [3.8, 4) is 11.5 Å². The molecular formula is C16H21NO4. The molecule has 5 nitrogen and oxygen atoms in total. The normalized spacial score (nSPS) is 18.7. The van der Waals surface area contributed by atoms with E-state index in [2.05, 4.69) is 5.32 Å². The van der Waals surface area contributed by atoms with Gasteiger partial charge in [-0.25, -0.2) is 0 Å². The summed E-state index contributed by atoms with van der Waals surface area (Å²) in [6, 6.07) is 5.43. The highest BCUT2D eigenvalue weighted by Gasteiger charge is 2.22. The lowest BCUT2D eigenvalue weighted by molar-refractivity contribution is -0.124. The first kappa shape index (κ1) is 14.2. The molecule has 2 aliphatic rings. The Balaban J connectivity index is 1.47. The van der Waals surface area contributed by atoms with Crippen LogP contribution < -0.4 is 14.8 Å². The zero-order valence-electron chi connectivity index (χ0n) is 12.0. The van der Waals surface area contributed by atoms with E-state index in [4.69, 9.17) is 9.47 Å². The van der Waals surface area contributed by atoms with E-state index in [-0.39, 0.29) is 18.6 Å². The van der Waals surface area contributed by atoms with Gasteiger partial charge in [-0.1, -0.05) is 18.9 Å². The molecule has 114 valence electrons. The number of carbonyl (C=O) groups excluding carboxylic acids is 1. The number of amides is 1. The van der Waals surface area contributed by atoms with E-state index in [0.717, 1.165) is 31.2 Å². The maximum atomic E-state index is 11.9. The first-order chi connectivity index (χ1) is 10.2. The standard InChI is InChI=1S/C16H21NO4/c18-13(7-8-17-16(19)11-3-1-2-4-11)12-5-6-14-15(9-12)21-10-20-14/h5-6,9,11,13,18H,1-4,7-8,10H2,(H,17,19). The van der Waals surface area contributed by atoms with Gasteiger partial charge in [-0.05, 0) is 37.0 Å². The number of rotatable bonds is 5. The third-order valence-electron chi connectivity index (χ3n) is 4.22. The Bertz CT molecular complexity index is 511. The van der Waals surface area contributed by atoms with Crippen molar-refractivity contribution in [1.29, 1.82) is 0 Å². The van der Waals surface area contributed by atoms with E-state index in [1.165, 1.54) is 0 Å². The summed E-state index contributed by atoms with van der Waals surface area (Å²) in [6.07, 6.45) is 4.18. The van der Waals surface area contributed by atoms with Gasteiger partial charge in [0.1, 0.15) is 0 Å². The van der Waals surface area contributed by atoms with Gasteiger partial charge in [-0.15, -0.1) is 0 Å². The predicted molar refractivity (Wildman–Crippen MR) is 77.1 cm³/mol. The van der Waals surface area contributed by atoms with Gasteiger partial charge < -0.3 is 19.9 Å². The largest absolute Gasteiger partial charge is 0.454 e. The second kappa shape index (κ2) is 6.35.